The van der Waals surface area contributed by atoms with E-state index in [0.717, 1.165) is 6.42 Å². The Morgan fingerprint density at radius 1 is 0.962 bits per heavy atom. The summed E-state index contributed by atoms with van der Waals surface area (Å²) in [5, 5.41) is 3.10. The van der Waals surface area contributed by atoms with Gasteiger partial charge < -0.3 is 10.1 Å². The van der Waals surface area contributed by atoms with Gasteiger partial charge in [0.1, 0.15) is 5.75 Å². The van der Waals surface area contributed by atoms with Gasteiger partial charge in [0, 0.05) is 5.54 Å². The third kappa shape index (κ3) is 5.91. The molecule has 1 atom stereocenters. The highest BCUT2D eigenvalue weighted by molar-refractivity contribution is 5.81. The van der Waals surface area contributed by atoms with E-state index in [1.807, 2.05) is 44.2 Å². The van der Waals surface area contributed by atoms with E-state index in [2.05, 4.69) is 50.4 Å². The van der Waals surface area contributed by atoms with Gasteiger partial charge in [-0.1, -0.05) is 63.2 Å². The molecule has 0 aromatic heterocycles. The molecule has 140 valence electrons. The van der Waals surface area contributed by atoms with Crippen LogP contribution in [0.25, 0.3) is 0 Å². The van der Waals surface area contributed by atoms with Gasteiger partial charge in [-0.15, -0.1) is 0 Å². The molecule has 1 N–H and O–H groups in total. The Balaban J connectivity index is 1.94. The van der Waals surface area contributed by atoms with Crippen molar-refractivity contribution in [3.63, 3.8) is 0 Å². The van der Waals surface area contributed by atoms with Crippen LogP contribution in [0.2, 0.25) is 0 Å². The van der Waals surface area contributed by atoms with Gasteiger partial charge in [-0.2, -0.15) is 0 Å². The molecule has 2 aromatic carbocycles. The molecule has 1 unspecified atom stereocenters. The summed E-state index contributed by atoms with van der Waals surface area (Å²) >= 11 is 0. The van der Waals surface area contributed by atoms with E-state index < -0.39 is 6.10 Å². The Kier molecular flexibility index (Phi) is 6.12. The molecule has 0 bridgehead atoms. The van der Waals surface area contributed by atoms with Crippen molar-refractivity contribution in [3.05, 3.63) is 65.7 Å². The maximum atomic E-state index is 12.5. The highest BCUT2D eigenvalue weighted by Gasteiger charge is 2.25. The van der Waals surface area contributed by atoms with Crippen LogP contribution in [0.1, 0.15) is 52.7 Å². The molecule has 3 nitrogen and oxygen atoms in total. The summed E-state index contributed by atoms with van der Waals surface area (Å²) in [4.78, 5) is 12.5. The number of carbonyl (C=O) groups is 1. The quantitative estimate of drug-likeness (QED) is 0.803. The van der Waals surface area contributed by atoms with Crippen molar-refractivity contribution in [3.8, 4) is 5.75 Å². The minimum Gasteiger partial charge on any atom is -0.481 e. The molecule has 0 heterocycles. The molecule has 0 spiro atoms. The van der Waals surface area contributed by atoms with Crippen molar-refractivity contribution in [1.82, 2.24) is 5.32 Å². The van der Waals surface area contributed by atoms with Gasteiger partial charge in [-0.3, -0.25) is 4.79 Å². The van der Waals surface area contributed by atoms with Crippen LogP contribution in [-0.4, -0.2) is 17.6 Å². The average molecular weight is 354 g/mol. The lowest BCUT2D eigenvalue weighted by atomic mass is 9.87. The zero-order valence-corrected chi connectivity index (χ0v) is 16.8. The Bertz CT molecular complexity index is 712. The first kappa shape index (κ1) is 20.0. The predicted octanol–water partition coefficient (Wildman–Crippen LogP) is 4.89. The Morgan fingerprint density at radius 2 is 1.54 bits per heavy atom. The maximum Gasteiger partial charge on any atom is 0.261 e. The molecular weight excluding hydrogens is 322 g/mol. The normalized spacial score (nSPS) is 13.2. The second kappa shape index (κ2) is 7.94. The van der Waals surface area contributed by atoms with Gasteiger partial charge in [0.25, 0.3) is 5.91 Å². The Morgan fingerprint density at radius 3 is 2.08 bits per heavy atom. The van der Waals surface area contributed by atoms with Gasteiger partial charge in [-0.05, 0) is 55.9 Å². The Labute approximate surface area is 157 Å². The van der Waals surface area contributed by atoms with Crippen molar-refractivity contribution in [2.75, 3.05) is 0 Å². The van der Waals surface area contributed by atoms with Crippen molar-refractivity contribution in [2.24, 2.45) is 0 Å². The zero-order chi connectivity index (χ0) is 19.4. The molecule has 2 rings (SSSR count). The fraction of sp³-hybridized carbons (Fsp3) is 0.435. The van der Waals surface area contributed by atoms with Crippen LogP contribution >= 0.6 is 0 Å². The van der Waals surface area contributed by atoms with Crippen LogP contribution in [0.4, 0.5) is 0 Å². The predicted molar refractivity (Wildman–Crippen MR) is 108 cm³/mol. The fourth-order valence-electron chi connectivity index (χ4n) is 2.88. The lowest BCUT2D eigenvalue weighted by Crippen LogP contribution is -2.49. The van der Waals surface area contributed by atoms with Crippen molar-refractivity contribution >= 4 is 5.91 Å². The number of benzene rings is 2. The van der Waals surface area contributed by atoms with E-state index in [1.165, 1.54) is 11.1 Å². The molecular formula is C23H31NO2. The maximum absolute atomic E-state index is 12.5. The van der Waals surface area contributed by atoms with Gasteiger partial charge in [0.15, 0.2) is 6.10 Å². The number of amides is 1. The summed E-state index contributed by atoms with van der Waals surface area (Å²) in [6.07, 6.45) is 0.220. The van der Waals surface area contributed by atoms with Crippen LogP contribution in [0, 0.1) is 0 Å². The van der Waals surface area contributed by atoms with E-state index >= 15 is 0 Å². The second-order valence-corrected chi connectivity index (χ2v) is 8.57. The lowest BCUT2D eigenvalue weighted by Gasteiger charge is -2.28. The number of rotatable bonds is 6. The van der Waals surface area contributed by atoms with Crippen molar-refractivity contribution in [2.45, 2.75) is 65.0 Å². The molecule has 0 saturated carbocycles. The number of carbonyl (C=O) groups excluding carboxylic acids is 1. The summed E-state index contributed by atoms with van der Waals surface area (Å²) in [7, 11) is 0. The molecule has 0 aliphatic heterocycles. The van der Waals surface area contributed by atoms with Crippen LogP contribution in [0.3, 0.4) is 0 Å². The van der Waals surface area contributed by atoms with Crippen LogP contribution in [-0.2, 0) is 16.6 Å². The highest BCUT2D eigenvalue weighted by Crippen LogP contribution is 2.24. The smallest absolute Gasteiger partial charge is 0.261 e. The number of nitrogens with one attached hydrogen (secondary N) is 1. The van der Waals surface area contributed by atoms with Crippen LogP contribution in [0.5, 0.6) is 5.75 Å². The summed E-state index contributed by atoms with van der Waals surface area (Å²) in [6, 6.07) is 18.1. The van der Waals surface area contributed by atoms with Crippen molar-refractivity contribution in [1.29, 1.82) is 0 Å². The van der Waals surface area contributed by atoms with E-state index in [0.29, 0.717) is 5.75 Å². The molecule has 0 fully saturated rings. The summed E-state index contributed by atoms with van der Waals surface area (Å²) in [5.41, 5.74) is 2.20. The third-order valence-electron chi connectivity index (χ3n) is 4.35. The molecule has 0 saturated heterocycles. The first-order valence-corrected chi connectivity index (χ1v) is 9.20. The molecule has 2 aromatic rings. The van der Waals surface area contributed by atoms with Crippen LogP contribution < -0.4 is 10.1 Å². The fourth-order valence-corrected chi connectivity index (χ4v) is 2.88. The van der Waals surface area contributed by atoms with Gasteiger partial charge in [0.05, 0.1) is 0 Å². The Hall–Kier alpha value is -2.29. The topological polar surface area (TPSA) is 38.3 Å². The van der Waals surface area contributed by atoms with E-state index in [-0.39, 0.29) is 16.9 Å². The summed E-state index contributed by atoms with van der Waals surface area (Å²) in [6.45, 7) is 12.4. The molecule has 3 heteroatoms. The number of hydrogen-bond acceptors (Lipinski definition) is 2. The first-order valence-electron chi connectivity index (χ1n) is 9.20. The van der Waals surface area contributed by atoms with Gasteiger partial charge in [0.2, 0.25) is 0 Å². The first-order chi connectivity index (χ1) is 12.1. The van der Waals surface area contributed by atoms with E-state index in [4.69, 9.17) is 4.74 Å². The minimum atomic E-state index is -0.550. The van der Waals surface area contributed by atoms with Crippen LogP contribution in [0.15, 0.2) is 54.6 Å². The monoisotopic (exact) mass is 353 g/mol. The van der Waals surface area contributed by atoms with Gasteiger partial charge >= 0.3 is 0 Å². The number of hydrogen-bond donors (Lipinski definition) is 1. The number of ether oxygens (including phenoxy) is 1. The molecule has 26 heavy (non-hydrogen) atoms. The summed E-state index contributed by atoms with van der Waals surface area (Å²) < 4.78 is 5.83. The van der Waals surface area contributed by atoms with Crippen molar-refractivity contribution < 1.29 is 9.53 Å². The molecule has 1 amide bonds. The SMILES string of the molecule is CC(Oc1ccc(C(C)(C)C)cc1)C(=O)NC(C)(C)Cc1ccccc1. The highest BCUT2D eigenvalue weighted by atomic mass is 16.5. The van der Waals surface area contributed by atoms with Gasteiger partial charge in [-0.25, -0.2) is 0 Å². The third-order valence-corrected chi connectivity index (χ3v) is 4.35. The standard InChI is InChI=1S/C23H31NO2/c1-17(26-20-14-12-19(13-15-20)22(2,3)4)21(25)24-23(5,6)16-18-10-8-7-9-11-18/h7-15,17H,16H2,1-6H3,(H,24,25). The second-order valence-electron chi connectivity index (χ2n) is 8.57. The largest absolute Gasteiger partial charge is 0.481 e. The van der Waals surface area contributed by atoms with E-state index in [9.17, 15) is 4.79 Å². The lowest BCUT2D eigenvalue weighted by molar-refractivity contribution is -0.128. The molecule has 0 aliphatic rings. The molecule has 0 radical (unpaired) electrons. The molecule has 0 aliphatic carbocycles. The minimum absolute atomic E-state index is 0.100. The average Bonchev–Trinajstić information content (AvgIpc) is 2.54. The zero-order valence-electron chi connectivity index (χ0n) is 16.8. The summed E-state index contributed by atoms with van der Waals surface area (Å²) in [5.74, 6) is 0.604. The van der Waals surface area contributed by atoms with E-state index in [1.54, 1.807) is 6.92 Å².